The Labute approximate surface area is 137 Å². The maximum atomic E-state index is 14.5. The molecule has 1 aliphatic carbocycles. The first-order chi connectivity index (χ1) is 11.1. The first-order valence-corrected chi connectivity index (χ1v) is 7.92. The molecule has 4 rings (SSSR count). The Morgan fingerprint density at radius 2 is 2.04 bits per heavy atom. The molecular formula is C16H14ClF2N3O. The molecular weight excluding hydrogens is 324 g/mol. The number of hydrogen-bond acceptors (Lipinski definition) is 4. The van der Waals surface area contributed by atoms with Crippen LogP contribution in [0.4, 0.5) is 14.5 Å². The predicted octanol–water partition coefficient (Wildman–Crippen LogP) is 3.83. The summed E-state index contributed by atoms with van der Waals surface area (Å²) in [5, 5.41) is -0.0772. The highest BCUT2D eigenvalue weighted by molar-refractivity contribution is 6.28. The number of rotatable bonds is 2. The number of nitrogens with zero attached hydrogens (tertiary/aromatic N) is 3. The second kappa shape index (κ2) is 5.60. The van der Waals surface area contributed by atoms with Crippen LogP contribution in [0, 0.1) is 11.6 Å². The zero-order valence-electron chi connectivity index (χ0n) is 12.2. The summed E-state index contributed by atoms with van der Waals surface area (Å²) in [5.41, 5.74) is 0.980. The molecule has 1 saturated carbocycles. The van der Waals surface area contributed by atoms with Crippen LogP contribution in [0.2, 0.25) is 5.28 Å². The van der Waals surface area contributed by atoms with Crippen LogP contribution in [-0.4, -0.2) is 29.2 Å². The van der Waals surface area contributed by atoms with Gasteiger partial charge < -0.3 is 9.64 Å². The third kappa shape index (κ3) is 2.51. The second-order valence-electron chi connectivity index (χ2n) is 5.77. The summed E-state index contributed by atoms with van der Waals surface area (Å²) in [6.07, 6.45) is 4.33. The molecule has 0 atom stereocenters. The molecule has 1 fully saturated rings. The summed E-state index contributed by atoms with van der Waals surface area (Å²) in [6.45, 7) is 1.15. The average molecular weight is 338 g/mol. The van der Waals surface area contributed by atoms with E-state index in [1.165, 1.54) is 12.5 Å². The first-order valence-electron chi connectivity index (χ1n) is 7.55. The van der Waals surface area contributed by atoms with Crippen molar-refractivity contribution in [3.8, 4) is 17.0 Å². The smallest absolute Gasteiger partial charge is 0.223 e. The summed E-state index contributed by atoms with van der Waals surface area (Å²) >= 11 is 5.74. The molecule has 23 heavy (non-hydrogen) atoms. The summed E-state index contributed by atoms with van der Waals surface area (Å²) in [5.74, 6) is -0.927. The Bertz CT molecular complexity index is 767. The Morgan fingerprint density at radius 3 is 2.78 bits per heavy atom. The molecule has 0 amide bonds. The fourth-order valence-corrected chi connectivity index (χ4v) is 3.20. The zero-order chi connectivity index (χ0) is 16.0. The van der Waals surface area contributed by atoms with Gasteiger partial charge in [0.1, 0.15) is 12.3 Å². The maximum Gasteiger partial charge on any atom is 0.223 e. The quantitative estimate of drug-likeness (QED) is 0.781. The van der Waals surface area contributed by atoms with Crippen LogP contribution in [0.25, 0.3) is 11.3 Å². The van der Waals surface area contributed by atoms with E-state index in [2.05, 4.69) is 14.9 Å². The molecule has 2 aromatic rings. The predicted molar refractivity (Wildman–Crippen MR) is 82.9 cm³/mol. The second-order valence-corrected chi connectivity index (χ2v) is 6.11. The van der Waals surface area contributed by atoms with Crippen molar-refractivity contribution in [2.75, 3.05) is 18.1 Å². The lowest BCUT2D eigenvalue weighted by atomic mass is 9.90. The van der Waals surface area contributed by atoms with Crippen LogP contribution in [0.15, 0.2) is 18.3 Å². The molecule has 2 aliphatic rings. The number of benzene rings is 1. The van der Waals surface area contributed by atoms with Crippen molar-refractivity contribution >= 4 is 17.3 Å². The van der Waals surface area contributed by atoms with E-state index in [0.29, 0.717) is 30.4 Å². The van der Waals surface area contributed by atoms with E-state index in [1.54, 1.807) is 6.07 Å². The molecule has 0 N–H and O–H groups in total. The van der Waals surface area contributed by atoms with Gasteiger partial charge >= 0.3 is 0 Å². The van der Waals surface area contributed by atoms with Gasteiger partial charge in [-0.3, -0.25) is 0 Å². The SMILES string of the molecule is Fc1cnc(Cl)nc1-c1cc(F)c2c(c1)N(C1CCC1)CCO2. The van der Waals surface area contributed by atoms with Gasteiger partial charge in [-0.1, -0.05) is 0 Å². The van der Waals surface area contributed by atoms with Crippen molar-refractivity contribution in [3.63, 3.8) is 0 Å². The molecule has 0 unspecified atom stereocenters. The molecule has 1 aromatic carbocycles. The minimum atomic E-state index is -0.638. The molecule has 0 radical (unpaired) electrons. The van der Waals surface area contributed by atoms with Crippen molar-refractivity contribution in [1.82, 2.24) is 9.97 Å². The molecule has 4 nitrogen and oxygen atoms in total. The fraction of sp³-hybridized carbons (Fsp3) is 0.375. The van der Waals surface area contributed by atoms with Gasteiger partial charge in [-0.15, -0.1) is 0 Å². The molecule has 2 heterocycles. The van der Waals surface area contributed by atoms with Gasteiger partial charge in [-0.05, 0) is 43.0 Å². The van der Waals surface area contributed by atoms with Gasteiger partial charge in [0.2, 0.25) is 5.28 Å². The van der Waals surface area contributed by atoms with Gasteiger partial charge in [0.05, 0.1) is 18.4 Å². The maximum absolute atomic E-state index is 14.5. The lowest BCUT2D eigenvalue weighted by Gasteiger charge is -2.42. The molecule has 7 heteroatoms. The highest BCUT2D eigenvalue weighted by Gasteiger charge is 2.31. The van der Waals surface area contributed by atoms with Crippen LogP contribution < -0.4 is 9.64 Å². The summed E-state index contributed by atoms with van der Waals surface area (Å²) in [4.78, 5) is 9.63. The number of hydrogen-bond donors (Lipinski definition) is 0. The highest BCUT2D eigenvalue weighted by Crippen LogP contribution is 2.42. The molecule has 0 saturated heterocycles. The Morgan fingerprint density at radius 1 is 1.22 bits per heavy atom. The fourth-order valence-electron chi connectivity index (χ4n) is 3.06. The number of aromatic nitrogens is 2. The van der Waals surface area contributed by atoms with E-state index in [-0.39, 0.29) is 16.7 Å². The Balaban J connectivity index is 1.83. The third-order valence-electron chi connectivity index (χ3n) is 4.42. The monoisotopic (exact) mass is 337 g/mol. The largest absolute Gasteiger partial charge is 0.486 e. The minimum absolute atomic E-state index is 0.00849. The number of halogens is 3. The van der Waals surface area contributed by atoms with E-state index >= 15 is 0 Å². The van der Waals surface area contributed by atoms with Gasteiger partial charge in [0.15, 0.2) is 17.4 Å². The van der Waals surface area contributed by atoms with E-state index in [1.807, 2.05) is 0 Å². The normalized spacial score (nSPS) is 17.4. The number of ether oxygens (including phenoxy) is 1. The molecule has 1 aromatic heterocycles. The van der Waals surface area contributed by atoms with Crippen molar-refractivity contribution in [1.29, 1.82) is 0 Å². The summed E-state index contributed by atoms with van der Waals surface area (Å²) in [6, 6.07) is 3.34. The van der Waals surface area contributed by atoms with Gasteiger partial charge in [0, 0.05) is 11.6 Å². The topological polar surface area (TPSA) is 38.2 Å². The molecule has 120 valence electrons. The van der Waals surface area contributed by atoms with Gasteiger partial charge in [-0.25, -0.2) is 18.7 Å². The van der Waals surface area contributed by atoms with Crippen LogP contribution in [0.1, 0.15) is 19.3 Å². The van der Waals surface area contributed by atoms with Gasteiger partial charge in [-0.2, -0.15) is 0 Å². The van der Waals surface area contributed by atoms with Crippen molar-refractivity contribution in [2.45, 2.75) is 25.3 Å². The van der Waals surface area contributed by atoms with Crippen LogP contribution in [0.3, 0.4) is 0 Å². The van der Waals surface area contributed by atoms with Crippen molar-refractivity contribution in [2.24, 2.45) is 0 Å². The molecule has 0 spiro atoms. The summed E-state index contributed by atoms with van der Waals surface area (Å²) < 4.78 is 33.9. The molecule has 1 aliphatic heterocycles. The van der Waals surface area contributed by atoms with Crippen LogP contribution in [-0.2, 0) is 0 Å². The Kier molecular flexibility index (Phi) is 3.56. The third-order valence-corrected chi connectivity index (χ3v) is 4.60. The van der Waals surface area contributed by atoms with E-state index in [9.17, 15) is 8.78 Å². The minimum Gasteiger partial charge on any atom is -0.486 e. The lowest BCUT2D eigenvalue weighted by Crippen LogP contribution is -2.44. The van der Waals surface area contributed by atoms with Crippen LogP contribution in [0.5, 0.6) is 5.75 Å². The van der Waals surface area contributed by atoms with Crippen molar-refractivity contribution in [3.05, 3.63) is 35.2 Å². The van der Waals surface area contributed by atoms with E-state index in [4.69, 9.17) is 16.3 Å². The van der Waals surface area contributed by atoms with Crippen LogP contribution >= 0.6 is 11.6 Å². The first kappa shape index (κ1) is 14.6. The number of fused-ring (bicyclic) bond motifs is 1. The lowest BCUT2D eigenvalue weighted by molar-refractivity contribution is 0.268. The van der Waals surface area contributed by atoms with Gasteiger partial charge in [0.25, 0.3) is 0 Å². The van der Waals surface area contributed by atoms with E-state index in [0.717, 1.165) is 19.0 Å². The van der Waals surface area contributed by atoms with E-state index < -0.39 is 11.6 Å². The number of anilines is 1. The highest BCUT2D eigenvalue weighted by atomic mass is 35.5. The average Bonchev–Trinajstić information content (AvgIpc) is 2.48. The van der Waals surface area contributed by atoms with Crippen molar-refractivity contribution < 1.29 is 13.5 Å². The standard InChI is InChI=1S/C16H14ClF2N3O/c17-16-20-8-12(19)14(21-16)9-6-11(18)15-13(7-9)22(4-5-23-15)10-2-1-3-10/h6-8,10H,1-5H2. The summed E-state index contributed by atoms with van der Waals surface area (Å²) in [7, 11) is 0. The zero-order valence-corrected chi connectivity index (χ0v) is 13.0. The molecule has 0 bridgehead atoms. The Hall–Kier alpha value is -1.95.